The summed E-state index contributed by atoms with van der Waals surface area (Å²) in [7, 11) is -3.16. The predicted octanol–water partition coefficient (Wildman–Crippen LogP) is 6.39. The van der Waals surface area contributed by atoms with Crippen LogP contribution in [0.4, 0.5) is 0 Å². The van der Waals surface area contributed by atoms with Gasteiger partial charge in [0.15, 0.2) is 9.84 Å². The van der Waals surface area contributed by atoms with Gasteiger partial charge in [0.05, 0.1) is 15.5 Å². The van der Waals surface area contributed by atoms with Gasteiger partial charge in [-0.1, -0.05) is 57.9 Å². The molecule has 0 bridgehead atoms. The molecule has 2 heterocycles. The lowest BCUT2D eigenvalue weighted by molar-refractivity contribution is 0.573. The summed E-state index contributed by atoms with van der Waals surface area (Å²) >= 11 is 3.12. The first-order valence-electron chi connectivity index (χ1n) is 8.49. The van der Waals surface area contributed by atoms with E-state index >= 15 is 0 Å². The fourth-order valence-corrected chi connectivity index (χ4v) is 6.49. The van der Waals surface area contributed by atoms with Gasteiger partial charge in [-0.25, -0.2) is 8.42 Å². The van der Waals surface area contributed by atoms with E-state index in [0.717, 1.165) is 29.0 Å². The first-order chi connectivity index (χ1) is 11.1. The number of hydrogen-bond acceptors (Lipinski definition) is 4. The first-order valence-corrected chi connectivity index (χ1v) is 11.9. The minimum absolute atomic E-state index is 0.275. The zero-order valence-corrected chi connectivity index (χ0v) is 16.2. The Balaban J connectivity index is 1.80. The second kappa shape index (κ2) is 9.60. The summed E-state index contributed by atoms with van der Waals surface area (Å²) in [5.41, 5.74) is 0. The highest BCUT2D eigenvalue weighted by molar-refractivity contribution is 7.91. The fraction of sp³-hybridized carbons (Fsp3) is 0.556. The molecule has 0 fully saturated rings. The van der Waals surface area contributed by atoms with Gasteiger partial charge in [0.2, 0.25) is 0 Å². The van der Waals surface area contributed by atoms with Crippen LogP contribution in [0.1, 0.15) is 58.3 Å². The number of unbranched alkanes of at least 4 members (excludes halogenated alkanes) is 7. The average Bonchev–Trinajstić information content (AvgIpc) is 3.20. The Labute approximate surface area is 148 Å². The second-order valence-corrected chi connectivity index (χ2v) is 9.83. The summed E-state index contributed by atoms with van der Waals surface area (Å²) < 4.78 is 25.2. The van der Waals surface area contributed by atoms with E-state index in [2.05, 4.69) is 6.92 Å². The van der Waals surface area contributed by atoms with E-state index in [9.17, 15) is 8.42 Å². The first kappa shape index (κ1) is 18.7. The van der Waals surface area contributed by atoms with Crippen LogP contribution in [0.15, 0.2) is 33.9 Å². The molecule has 0 N–H and O–H groups in total. The van der Waals surface area contributed by atoms with Gasteiger partial charge in [-0.3, -0.25) is 0 Å². The van der Waals surface area contributed by atoms with Crippen molar-refractivity contribution in [2.75, 3.05) is 5.75 Å². The quantitative estimate of drug-likeness (QED) is 0.429. The summed E-state index contributed by atoms with van der Waals surface area (Å²) in [4.78, 5) is 2.47. The van der Waals surface area contributed by atoms with Crippen molar-refractivity contribution in [3.63, 3.8) is 0 Å². The van der Waals surface area contributed by atoms with Crippen molar-refractivity contribution < 1.29 is 8.42 Å². The Hall–Kier alpha value is -0.650. The van der Waals surface area contributed by atoms with Gasteiger partial charge in [0.1, 0.15) is 0 Å². The smallest absolute Gasteiger partial charge is 0.179 e. The molecule has 5 heteroatoms. The Kier molecular flexibility index (Phi) is 7.80. The summed E-state index contributed by atoms with van der Waals surface area (Å²) in [5.74, 6) is 0.275. The molecule has 0 aliphatic carbocycles. The molecule has 0 atom stereocenters. The van der Waals surface area contributed by atoms with Crippen molar-refractivity contribution in [3.05, 3.63) is 29.0 Å². The van der Waals surface area contributed by atoms with Crippen molar-refractivity contribution >= 4 is 32.5 Å². The molecule has 2 rings (SSSR count). The lowest BCUT2D eigenvalue weighted by atomic mass is 10.1. The number of rotatable bonds is 11. The van der Waals surface area contributed by atoms with Gasteiger partial charge in [-0.2, -0.15) is 0 Å². The van der Waals surface area contributed by atoms with Crippen LogP contribution in [-0.4, -0.2) is 14.2 Å². The maximum atomic E-state index is 12.6. The molecule has 0 unspecified atom stereocenters. The summed E-state index contributed by atoms with van der Waals surface area (Å²) in [6.45, 7) is 2.22. The highest BCUT2D eigenvalue weighted by atomic mass is 32.2. The van der Waals surface area contributed by atoms with E-state index < -0.39 is 9.84 Å². The van der Waals surface area contributed by atoms with Gasteiger partial charge in [-0.05, 0) is 29.3 Å². The molecule has 0 saturated heterocycles. The standard InChI is InChI=1S/C18H26O2S3/c1-2-3-4-5-6-7-8-9-15-23(19,20)17-12-14-22-18(17)16-11-10-13-21-16/h10-14H,2-9,15H2,1H3. The van der Waals surface area contributed by atoms with Crippen LogP contribution in [0, 0.1) is 0 Å². The highest BCUT2D eigenvalue weighted by Crippen LogP contribution is 2.36. The molecule has 0 aromatic carbocycles. The third-order valence-electron chi connectivity index (χ3n) is 3.98. The van der Waals surface area contributed by atoms with Crippen LogP contribution in [0.5, 0.6) is 0 Å². The Morgan fingerprint density at radius 3 is 2.22 bits per heavy atom. The minimum Gasteiger partial charge on any atom is -0.224 e. The lowest BCUT2D eigenvalue weighted by Crippen LogP contribution is -2.06. The molecule has 23 heavy (non-hydrogen) atoms. The second-order valence-electron chi connectivity index (χ2n) is 5.89. The van der Waals surface area contributed by atoms with Crippen LogP contribution in [-0.2, 0) is 9.84 Å². The molecule has 0 aliphatic rings. The molecule has 0 amide bonds. The Morgan fingerprint density at radius 1 is 0.870 bits per heavy atom. The zero-order valence-electron chi connectivity index (χ0n) is 13.8. The van der Waals surface area contributed by atoms with E-state index in [-0.39, 0.29) is 5.75 Å². The molecule has 0 spiro atoms. The van der Waals surface area contributed by atoms with E-state index in [1.807, 2.05) is 22.9 Å². The van der Waals surface area contributed by atoms with E-state index in [1.165, 1.54) is 43.4 Å². The van der Waals surface area contributed by atoms with Crippen molar-refractivity contribution in [2.24, 2.45) is 0 Å². The molecule has 128 valence electrons. The summed E-state index contributed by atoms with van der Waals surface area (Å²) in [6.07, 6.45) is 9.37. The predicted molar refractivity (Wildman–Crippen MR) is 102 cm³/mol. The van der Waals surface area contributed by atoms with E-state index in [0.29, 0.717) is 4.90 Å². The highest BCUT2D eigenvalue weighted by Gasteiger charge is 2.20. The number of thiophene rings is 2. The summed E-state index contributed by atoms with van der Waals surface area (Å²) in [6, 6.07) is 5.72. The third kappa shape index (κ3) is 5.73. The summed E-state index contributed by atoms with van der Waals surface area (Å²) in [5, 5.41) is 3.87. The SMILES string of the molecule is CCCCCCCCCCS(=O)(=O)c1ccsc1-c1cccs1. The molecular formula is C18H26O2S3. The zero-order chi connectivity index (χ0) is 16.5. The van der Waals surface area contributed by atoms with Crippen LogP contribution in [0.2, 0.25) is 0 Å². The van der Waals surface area contributed by atoms with Gasteiger partial charge >= 0.3 is 0 Å². The largest absolute Gasteiger partial charge is 0.224 e. The molecule has 2 aromatic heterocycles. The Morgan fingerprint density at radius 2 is 1.57 bits per heavy atom. The van der Waals surface area contributed by atoms with Crippen LogP contribution < -0.4 is 0 Å². The van der Waals surface area contributed by atoms with E-state index in [4.69, 9.17) is 0 Å². The normalized spacial score (nSPS) is 11.9. The lowest BCUT2D eigenvalue weighted by Gasteiger charge is -2.05. The average molecular weight is 371 g/mol. The van der Waals surface area contributed by atoms with Crippen LogP contribution >= 0.6 is 22.7 Å². The molecule has 2 aromatic rings. The van der Waals surface area contributed by atoms with Crippen LogP contribution in [0.3, 0.4) is 0 Å². The van der Waals surface area contributed by atoms with Gasteiger partial charge in [-0.15, -0.1) is 22.7 Å². The van der Waals surface area contributed by atoms with Crippen LogP contribution in [0.25, 0.3) is 9.75 Å². The third-order valence-corrected chi connectivity index (χ3v) is 7.91. The topological polar surface area (TPSA) is 34.1 Å². The maximum absolute atomic E-state index is 12.6. The van der Waals surface area contributed by atoms with Crippen molar-refractivity contribution in [3.8, 4) is 9.75 Å². The molecule has 2 nitrogen and oxygen atoms in total. The van der Waals surface area contributed by atoms with E-state index in [1.54, 1.807) is 17.4 Å². The molecule has 0 saturated carbocycles. The fourth-order valence-electron chi connectivity index (χ4n) is 2.67. The number of hydrogen-bond donors (Lipinski definition) is 0. The molecular weight excluding hydrogens is 344 g/mol. The van der Waals surface area contributed by atoms with Crippen molar-refractivity contribution in [1.82, 2.24) is 0 Å². The monoisotopic (exact) mass is 370 g/mol. The Bertz CT molecular complexity index is 654. The maximum Gasteiger partial charge on any atom is 0.179 e. The van der Waals surface area contributed by atoms with Crippen molar-refractivity contribution in [1.29, 1.82) is 0 Å². The minimum atomic E-state index is -3.16. The van der Waals surface area contributed by atoms with Gasteiger partial charge in [0.25, 0.3) is 0 Å². The molecule has 0 radical (unpaired) electrons. The van der Waals surface area contributed by atoms with Gasteiger partial charge < -0.3 is 0 Å². The van der Waals surface area contributed by atoms with Crippen molar-refractivity contribution in [2.45, 2.75) is 63.2 Å². The van der Waals surface area contributed by atoms with Gasteiger partial charge in [0, 0.05) is 4.88 Å². The number of sulfone groups is 1. The molecule has 0 aliphatic heterocycles.